The van der Waals surface area contributed by atoms with E-state index < -0.39 is 8.07 Å². The third kappa shape index (κ3) is 4.51. The maximum atomic E-state index is 6.58. The molecule has 264 valence electrons. The third-order valence-electron chi connectivity index (χ3n) is 12.3. The molecule has 0 saturated carbocycles. The fraction of sp³-hybridized carbons (Fsp3) is 0.0385. The first kappa shape index (κ1) is 31.5. The normalized spacial score (nSPS) is 13.8. The van der Waals surface area contributed by atoms with Gasteiger partial charge in [0.25, 0.3) is 0 Å². The Kier molecular flexibility index (Phi) is 6.50. The molecule has 56 heavy (non-hydrogen) atoms. The molecule has 3 heterocycles. The van der Waals surface area contributed by atoms with Crippen LogP contribution >= 0.6 is 0 Å². The smallest absolute Gasteiger partial charge is 0.152 e. The van der Waals surface area contributed by atoms with Crippen LogP contribution in [0.4, 0.5) is 17.1 Å². The molecule has 0 radical (unpaired) electrons. The van der Waals surface area contributed by atoms with Crippen molar-refractivity contribution >= 4 is 78.9 Å². The summed E-state index contributed by atoms with van der Waals surface area (Å²) in [4.78, 5) is 2.29. The highest BCUT2D eigenvalue weighted by atomic mass is 28.3. The van der Waals surface area contributed by atoms with Crippen LogP contribution in [0.25, 0.3) is 71.3 Å². The number of hydrogen-bond donors (Lipinski definition) is 0. The molecule has 4 heteroatoms. The molecule has 0 spiro atoms. The Labute approximate surface area is 326 Å². The van der Waals surface area contributed by atoms with Gasteiger partial charge < -0.3 is 14.2 Å². The zero-order chi connectivity index (χ0) is 37.1. The van der Waals surface area contributed by atoms with Gasteiger partial charge in [0.15, 0.2) is 11.5 Å². The van der Waals surface area contributed by atoms with Crippen LogP contribution in [0.5, 0.6) is 11.5 Å². The molecule has 0 atom stereocenters. The highest BCUT2D eigenvalue weighted by Crippen LogP contribution is 2.51. The summed E-state index contributed by atoms with van der Waals surface area (Å²) < 4.78 is 9.00. The second kappa shape index (κ2) is 11.6. The number of benzene rings is 9. The minimum Gasteiger partial charge on any atom is -0.453 e. The molecule has 1 aromatic heterocycles. The summed E-state index contributed by atoms with van der Waals surface area (Å²) in [6.45, 7) is 4.98. The molecule has 0 unspecified atom stereocenters. The van der Waals surface area contributed by atoms with Gasteiger partial charge in [-0.1, -0.05) is 110 Å². The number of fused-ring (bicyclic) bond motifs is 10. The summed E-state index contributed by atoms with van der Waals surface area (Å²) in [5.41, 5.74) is 11.8. The molecular formula is C52H36N2OSi. The molecule has 0 aliphatic carbocycles. The van der Waals surface area contributed by atoms with Crippen LogP contribution in [0.3, 0.4) is 0 Å². The SMILES string of the molecule is C[Si]1(C)c2ccccc2-c2cc3cc4cc(-n5c6ccccc6c6cc(-c7ccc8c(c7)Oc7ccccc7N8c7ccccc7)ccc65)ccc4cc3cc21. The minimum absolute atomic E-state index is 0.844. The van der Waals surface area contributed by atoms with Crippen molar-refractivity contribution < 1.29 is 4.74 Å². The monoisotopic (exact) mass is 732 g/mol. The average molecular weight is 733 g/mol. The second-order valence-corrected chi connectivity index (χ2v) is 20.1. The van der Waals surface area contributed by atoms with Gasteiger partial charge in [0.1, 0.15) is 8.07 Å². The standard InChI is InChI=1S/C52H36N2OSi/c1-56(2)51-19-11-7-15-42(51)44-30-37-27-36-28-40(23-20-33(36)26-38(37)32-52(44)56)54-45-16-8-6-14-41(45)43-29-34(21-24-46(43)54)35-22-25-48-50(31-35)55-49-18-10-9-17-47(49)53(48)39-12-4-3-5-13-39/h3-32H,1-2H3. The maximum absolute atomic E-state index is 6.58. The Morgan fingerprint density at radius 2 is 1.11 bits per heavy atom. The Morgan fingerprint density at radius 1 is 0.411 bits per heavy atom. The number of nitrogens with zero attached hydrogens (tertiary/aromatic N) is 2. The van der Waals surface area contributed by atoms with Gasteiger partial charge in [-0.05, 0) is 139 Å². The van der Waals surface area contributed by atoms with E-state index >= 15 is 0 Å². The van der Waals surface area contributed by atoms with Crippen LogP contribution in [0.2, 0.25) is 13.1 Å². The Morgan fingerprint density at radius 3 is 2.04 bits per heavy atom. The van der Waals surface area contributed by atoms with Gasteiger partial charge in [-0.15, -0.1) is 0 Å². The zero-order valence-corrected chi connectivity index (χ0v) is 32.1. The second-order valence-electron chi connectivity index (χ2n) is 15.8. The fourth-order valence-corrected chi connectivity index (χ4v) is 12.6. The van der Waals surface area contributed by atoms with E-state index in [2.05, 4.69) is 192 Å². The van der Waals surface area contributed by atoms with Crippen LogP contribution in [0, 0.1) is 0 Å². The summed E-state index contributed by atoms with van der Waals surface area (Å²) >= 11 is 0. The Bertz CT molecular complexity index is 3270. The number of hydrogen-bond acceptors (Lipinski definition) is 2. The molecule has 0 saturated heterocycles. The lowest BCUT2D eigenvalue weighted by Gasteiger charge is -2.33. The minimum atomic E-state index is -1.74. The lowest BCUT2D eigenvalue weighted by Crippen LogP contribution is -2.49. The summed E-state index contributed by atoms with van der Waals surface area (Å²) in [6.07, 6.45) is 0. The van der Waals surface area contributed by atoms with Crippen LogP contribution in [-0.4, -0.2) is 12.6 Å². The fourth-order valence-electron chi connectivity index (χ4n) is 9.55. The van der Waals surface area contributed by atoms with Crippen molar-refractivity contribution in [3.05, 3.63) is 182 Å². The summed E-state index contributed by atoms with van der Waals surface area (Å²) in [6, 6.07) is 66.8. The maximum Gasteiger partial charge on any atom is 0.152 e. The van der Waals surface area contributed by atoms with Gasteiger partial charge in [0, 0.05) is 22.1 Å². The predicted octanol–water partition coefficient (Wildman–Crippen LogP) is 13.1. The number of rotatable bonds is 3. The molecule has 2 aliphatic rings. The van der Waals surface area contributed by atoms with Crippen molar-refractivity contribution in [2.45, 2.75) is 13.1 Å². The van der Waals surface area contributed by atoms with Gasteiger partial charge in [-0.25, -0.2) is 0 Å². The summed E-state index contributed by atoms with van der Waals surface area (Å²) in [7, 11) is -1.74. The highest BCUT2D eigenvalue weighted by Gasteiger charge is 2.37. The van der Waals surface area contributed by atoms with E-state index in [4.69, 9.17) is 4.74 Å². The lowest BCUT2D eigenvalue weighted by atomic mass is 9.98. The molecule has 0 N–H and O–H groups in total. The largest absolute Gasteiger partial charge is 0.453 e. The lowest BCUT2D eigenvalue weighted by molar-refractivity contribution is 0.477. The third-order valence-corrected chi connectivity index (χ3v) is 15.8. The number of aromatic nitrogens is 1. The molecular weight excluding hydrogens is 697 g/mol. The molecule has 2 aliphatic heterocycles. The first-order valence-corrected chi connectivity index (χ1v) is 22.4. The topological polar surface area (TPSA) is 17.4 Å². The first-order valence-electron chi connectivity index (χ1n) is 19.4. The van der Waals surface area contributed by atoms with E-state index in [9.17, 15) is 0 Å². The van der Waals surface area contributed by atoms with E-state index in [0.717, 1.165) is 45.4 Å². The van der Waals surface area contributed by atoms with E-state index in [-0.39, 0.29) is 0 Å². The van der Waals surface area contributed by atoms with Gasteiger partial charge in [-0.3, -0.25) is 0 Å². The predicted molar refractivity (Wildman–Crippen MR) is 238 cm³/mol. The summed E-state index contributed by atoms with van der Waals surface area (Å²) in [5.74, 6) is 1.69. The van der Waals surface area contributed by atoms with E-state index in [0.29, 0.717) is 0 Å². The first-order chi connectivity index (χ1) is 27.5. The van der Waals surface area contributed by atoms with Crippen LogP contribution in [0.15, 0.2) is 182 Å². The van der Waals surface area contributed by atoms with Crippen LogP contribution in [0.1, 0.15) is 0 Å². The highest BCUT2D eigenvalue weighted by molar-refractivity contribution is 7.04. The molecule has 12 rings (SSSR count). The Hall–Kier alpha value is -6.88. The summed E-state index contributed by atoms with van der Waals surface area (Å²) in [5, 5.41) is 10.7. The van der Waals surface area contributed by atoms with E-state index in [1.54, 1.807) is 10.4 Å². The van der Waals surface area contributed by atoms with Crippen molar-refractivity contribution in [3.63, 3.8) is 0 Å². The molecule has 10 aromatic rings. The van der Waals surface area contributed by atoms with Gasteiger partial charge in [-0.2, -0.15) is 0 Å². The number of ether oxygens (including phenoxy) is 1. The average Bonchev–Trinajstić information content (AvgIpc) is 3.68. The van der Waals surface area contributed by atoms with Crippen molar-refractivity contribution in [2.75, 3.05) is 4.90 Å². The van der Waals surface area contributed by atoms with Crippen molar-refractivity contribution in [2.24, 2.45) is 0 Å². The van der Waals surface area contributed by atoms with E-state index in [1.165, 1.54) is 54.5 Å². The molecule has 3 nitrogen and oxygen atoms in total. The number of anilines is 3. The molecule has 0 bridgehead atoms. The molecule has 0 amide bonds. The van der Waals surface area contributed by atoms with Gasteiger partial charge in [0.05, 0.1) is 22.4 Å². The Balaban J connectivity index is 0.973. The molecule has 9 aromatic carbocycles. The van der Waals surface area contributed by atoms with Crippen molar-refractivity contribution in [1.29, 1.82) is 0 Å². The quantitative estimate of drug-likeness (QED) is 0.133. The zero-order valence-electron chi connectivity index (χ0n) is 31.1. The molecule has 0 fully saturated rings. The van der Waals surface area contributed by atoms with Crippen molar-refractivity contribution in [1.82, 2.24) is 4.57 Å². The van der Waals surface area contributed by atoms with Crippen LogP contribution < -0.4 is 20.0 Å². The van der Waals surface area contributed by atoms with Gasteiger partial charge in [0.2, 0.25) is 0 Å². The van der Waals surface area contributed by atoms with Crippen molar-refractivity contribution in [3.8, 4) is 39.4 Å². The van der Waals surface area contributed by atoms with E-state index in [1.807, 2.05) is 12.1 Å². The van der Waals surface area contributed by atoms with Crippen LogP contribution in [-0.2, 0) is 0 Å². The van der Waals surface area contributed by atoms with Gasteiger partial charge >= 0.3 is 0 Å². The number of para-hydroxylation sites is 4.